The highest BCUT2D eigenvalue weighted by Crippen LogP contribution is 2.27. The molecular formula is C27H26F2N6O2. The molecule has 0 bridgehead atoms. The van der Waals surface area contributed by atoms with Crippen LogP contribution in [0.3, 0.4) is 0 Å². The molecule has 10 heteroatoms. The van der Waals surface area contributed by atoms with Crippen LogP contribution in [0.4, 0.5) is 8.78 Å². The number of nitrogens with zero attached hydrogens (tertiary/aromatic N) is 4. The van der Waals surface area contributed by atoms with E-state index in [0.717, 1.165) is 36.0 Å². The SMILES string of the molecule is Fc1cccc(-c2nc3c([nH]2)C=NN(Cc2cc(-c4ccc(OCCC5CCCN5)cc4)no2)C3)c1F. The lowest BCUT2D eigenvalue weighted by atomic mass is 10.1. The Hall–Kier alpha value is -4.05. The first-order valence-electron chi connectivity index (χ1n) is 12.4. The van der Waals surface area contributed by atoms with Gasteiger partial charge in [-0.15, -0.1) is 0 Å². The summed E-state index contributed by atoms with van der Waals surface area (Å²) < 4.78 is 39.2. The van der Waals surface area contributed by atoms with E-state index in [1.54, 1.807) is 11.2 Å². The first-order chi connectivity index (χ1) is 18.1. The largest absolute Gasteiger partial charge is 0.494 e. The van der Waals surface area contributed by atoms with E-state index in [0.29, 0.717) is 42.9 Å². The topological polar surface area (TPSA) is 91.6 Å². The molecule has 2 aromatic carbocycles. The van der Waals surface area contributed by atoms with E-state index in [4.69, 9.17) is 9.26 Å². The molecule has 4 heterocycles. The zero-order chi connectivity index (χ0) is 25.2. The average Bonchev–Trinajstić information content (AvgIpc) is 3.67. The van der Waals surface area contributed by atoms with E-state index in [1.165, 1.54) is 25.0 Å². The van der Waals surface area contributed by atoms with Crippen molar-refractivity contribution >= 4 is 6.21 Å². The summed E-state index contributed by atoms with van der Waals surface area (Å²) in [6, 6.07) is 14.3. The third kappa shape index (κ3) is 5.10. The van der Waals surface area contributed by atoms with Crippen molar-refractivity contribution in [2.75, 3.05) is 13.2 Å². The molecule has 6 rings (SSSR count). The minimum atomic E-state index is -0.933. The van der Waals surface area contributed by atoms with Gasteiger partial charge in [-0.3, -0.25) is 5.01 Å². The molecule has 1 atom stereocenters. The number of fused-ring (bicyclic) bond motifs is 1. The Morgan fingerprint density at radius 3 is 2.86 bits per heavy atom. The molecule has 2 aliphatic heterocycles. The summed E-state index contributed by atoms with van der Waals surface area (Å²) in [4.78, 5) is 7.48. The van der Waals surface area contributed by atoms with Gasteiger partial charge in [0.05, 0.1) is 42.9 Å². The third-order valence-corrected chi connectivity index (χ3v) is 6.64. The van der Waals surface area contributed by atoms with Crippen molar-refractivity contribution in [3.63, 3.8) is 0 Å². The number of imidazole rings is 1. The molecule has 1 saturated heterocycles. The molecule has 0 aliphatic carbocycles. The number of halogens is 2. The van der Waals surface area contributed by atoms with E-state index in [1.807, 2.05) is 30.3 Å². The molecule has 0 amide bonds. The van der Waals surface area contributed by atoms with E-state index in [9.17, 15) is 8.78 Å². The maximum absolute atomic E-state index is 14.2. The van der Waals surface area contributed by atoms with Crippen LogP contribution in [0.25, 0.3) is 22.6 Å². The molecular weight excluding hydrogens is 478 g/mol. The van der Waals surface area contributed by atoms with Crippen molar-refractivity contribution in [3.8, 4) is 28.4 Å². The van der Waals surface area contributed by atoms with Crippen LogP contribution in [-0.4, -0.2) is 45.5 Å². The van der Waals surface area contributed by atoms with Crippen molar-refractivity contribution in [1.82, 2.24) is 25.5 Å². The molecule has 2 aromatic heterocycles. The Bertz CT molecular complexity index is 1410. The monoisotopic (exact) mass is 504 g/mol. The van der Waals surface area contributed by atoms with Gasteiger partial charge < -0.3 is 19.6 Å². The number of H-pyrrole nitrogens is 1. The Morgan fingerprint density at radius 1 is 1.14 bits per heavy atom. The second-order valence-corrected chi connectivity index (χ2v) is 9.25. The highest BCUT2D eigenvalue weighted by atomic mass is 19.2. The fourth-order valence-corrected chi connectivity index (χ4v) is 4.66. The van der Waals surface area contributed by atoms with Gasteiger partial charge in [-0.2, -0.15) is 5.10 Å². The fourth-order valence-electron chi connectivity index (χ4n) is 4.66. The minimum Gasteiger partial charge on any atom is -0.494 e. The van der Waals surface area contributed by atoms with E-state index in [-0.39, 0.29) is 11.4 Å². The van der Waals surface area contributed by atoms with E-state index < -0.39 is 11.6 Å². The van der Waals surface area contributed by atoms with Crippen LogP contribution < -0.4 is 10.1 Å². The van der Waals surface area contributed by atoms with Gasteiger partial charge >= 0.3 is 0 Å². The maximum atomic E-state index is 14.2. The summed E-state index contributed by atoms with van der Waals surface area (Å²) in [5.41, 5.74) is 3.08. The van der Waals surface area contributed by atoms with Gasteiger partial charge in [-0.1, -0.05) is 11.2 Å². The maximum Gasteiger partial charge on any atom is 0.169 e. The number of ether oxygens (including phenoxy) is 1. The molecule has 37 heavy (non-hydrogen) atoms. The van der Waals surface area contributed by atoms with Crippen molar-refractivity contribution in [2.45, 2.75) is 38.4 Å². The zero-order valence-corrected chi connectivity index (χ0v) is 20.1. The molecule has 8 nitrogen and oxygen atoms in total. The number of hydrogen-bond donors (Lipinski definition) is 2. The summed E-state index contributed by atoms with van der Waals surface area (Å²) in [6.45, 7) is 2.57. The Balaban J connectivity index is 1.06. The third-order valence-electron chi connectivity index (χ3n) is 6.64. The molecule has 190 valence electrons. The number of benzene rings is 2. The summed E-state index contributed by atoms with van der Waals surface area (Å²) in [7, 11) is 0. The molecule has 4 aromatic rings. The molecule has 1 fully saturated rings. The molecule has 2 N–H and O–H groups in total. The summed E-state index contributed by atoms with van der Waals surface area (Å²) in [5.74, 6) is -0.105. The highest BCUT2D eigenvalue weighted by molar-refractivity contribution is 5.80. The minimum absolute atomic E-state index is 0.0801. The molecule has 1 unspecified atom stereocenters. The second kappa shape index (κ2) is 10.1. The van der Waals surface area contributed by atoms with E-state index in [2.05, 4.69) is 25.5 Å². The van der Waals surface area contributed by atoms with Crippen molar-refractivity contribution in [3.05, 3.63) is 77.3 Å². The number of nitrogens with one attached hydrogen (secondary N) is 2. The van der Waals surface area contributed by atoms with Crippen LogP contribution >= 0.6 is 0 Å². The quantitative estimate of drug-likeness (QED) is 0.355. The van der Waals surface area contributed by atoms with Crippen LogP contribution in [0.2, 0.25) is 0 Å². The highest BCUT2D eigenvalue weighted by Gasteiger charge is 2.21. The number of hydrogen-bond acceptors (Lipinski definition) is 7. The second-order valence-electron chi connectivity index (χ2n) is 9.25. The van der Waals surface area contributed by atoms with Gasteiger partial charge in [0.15, 0.2) is 17.4 Å². The predicted molar refractivity (Wildman–Crippen MR) is 134 cm³/mol. The normalized spacial score (nSPS) is 16.8. The number of hydrazone groups is 1. The Morgan fingerprint density at radius 2 is 2.03 bits per heavy atom. The van der Waals surface area contributed by atoms with Gasteiger partial charge in [-0.05, 0) is 62.2 Å². The summed E-state index contributed by atoms with van der Waals surface area (Å²) in [5, 5.41) is 13.9. The van der Waals surface area contributed by atoms with Crippen LogP contribution in [-0.2, 0) is 13.1 Å². The number of aromatic amines is 1. The molecule has 0 spiro atoms. The average molecular weight is 505 g/mol. The zero-order valence-electron chi connectivity index (χ0n) is 20.1. The van der Waals surface area contributed by atoms with Gasteiger partial charge in [0.1, 0.15) is 17.3 Å². The Kier molecular flexibility index (Phi) is 6.40. The Labute approximate surface area is 212 Å². The summed E-state index contributed by atoms with van der Waals surface area (Å²) in [6.07, 6.45) is 5.09. The van der Waals surface area contributed by atoms with Crippen LogP contribution in [0.5, 0.6) is 5.75 Å². The van der Waals surface area contributed by atoms with Gasteiger partial charge in [-0.25, -0.2) is 13.8 Å². The van der Waals surface area contributed by atoms with Crippen molar-refractivity contribution < 1.29 is 18.0 Å². The van der Waals surface area contributed by atoms with Gasteiger partial charge in [0.2, 0.25) is 0 Å². The molecule has 2 aliphatic rings. The lowest BCUT2D eigenvalue weighted by Gasteiger charge is -2.19. The van der Waals surface area contributed by atoms with Crippen molar-refractivity contribution in [1.29, 1.82) is 0 Å². The lowest BCUT2D eigenvalue weighted by molar-refractivity contribution is 0.229. The lowest BCUT2D eigenvalue weighted by Crippen LogP contribution is -2.23. The fraction of sp³-hybridized carbons (Fsp3) is 0.296. The molecule has 0 radical (unpaired) electrons. The smallest absolute Gasteiger partial charge is 0.169 e. The molecule has 0 saturated carbocycles. The predicted octanol–water partition coefficient (Wildman–Crippen LogP) is 4.88. The van der Waals surface area contributed by atoms with Crippen LogP contribution in [0.15, 0.2) is 58.2 Å². The first-order valence-corrected chi connectivity index (χ1v) is 12.4. The van der Waals surface area contributed by atoms with Crippen molar-refractivity contribution in [2.24, 2.45) is 5.10 Å². The number of aromatic nitrogens is 3. The van der Waals surface area contributed by atoms with Crippen LogP contribution in [0.1, 0.15) is 36.4 Å². The van der Waals surface area contributed by atoms with Crippen LogP contribution in [0, 0.1) is 11.6 Å². The van der Waals surface area contributed by atoms with Gasteiger partial charge in [0.25, 0.3) is 0 Å². The van der Waals surface area contributed by atoms with Gasteiger partial charge in [0, 0.05) is 17.7 Å². The summed E-state index contributed by atoms with van der Waals surface area (Å²) >= 11 is 0. The standard InChI is InChI=1S/C27H26F2N6O2/c28-22-5-1-4-21(26(22)29)27-32-24-14-31-35(16-25(24)33-27)15-20-13-23(34-37-20)17-6-8-19(9-7-17)36-12-10-18-3-2-11-30-18/h1,4-9,13-14,18,30H,2-3,10-12,15-16H2,(H,32,33). The number of rotatable bonds is 8. The van der Waals surface area contributed by atoms with E-state index >= 15 is 0 Å². The first kappa shape index (κ1) is 23.4.